The molecule has 4 aromatic rings. The molecule has 0 aliphatic carbocycles. The topological polar surface area (TPSA) is 144 Å². The number of nitrogens with one attached hydrogen (secondary N) is 2. The fourth-order valence-electron chi connectivity index (χ4n) is 3.40. The molecule has 0 unspecified atom stereocenters. The fourth-order valence-corrected chi connectivity index (χ4v) is 7.62. The van der Waals surface area contributed by atoms with Gasteiger partial charge < -0.3 is 0 Å². The summed E-state index contributed by atoms with van der Waals surface area (Å²) in [5.41, 5.74) is 2.74. The van der Waals surface area contributed by atoms with Crippen LogP contribution < -0.4 is 8.85 Å². The third-order valence-corrected chi connectivity index (χ3v) is 11.6. The number of hydrogen-bond acceptors (Lipinski definition) is 7. The molecule has 0 fully saturated rings. The van der Waals surface area contributed by atoms with Crippen LogP contribution >= 0.6 is 63.7 Å². The molecule has 0 saturated carbocycles. The summed E-state index contributed by atoms with van der Waals surface area (Å²) in [5, 5.41) is 2.57. The number of rotatable bonds is 11. The van der Waals surface area contributed by atoms with Crippen LogP contribution in [-0.2, 0) is 34.9 Å². The lowest BCUT2D eigenvalue weighted by Crippen LogP contribution is -2.26. The Kier molecular flexibility index (Phi) is 15.6. The van der Waals surface area contributed by atoms with Crippen LogP contribution in [-0.4, -0.2) is 31.2 Å². The molecule has 0 atom stereocenters. The Labute approximate surface area is 319 Å². The highest BCUT2D eigenvalue weighted by atomic mass is 79.9. The number of carbonyl (C=O) groups excluding carboxylic acids is 1. The number of hydrogen-bond donors (Lipinski definition) is 2. The van der Waals surface area contributed by atoms with Gasteiger partial charge in [-0.1, -0.05) is 112 Å². The smallest absolute Gasteiger partial charge is 0.257 e. The van der Waals surface area contributed by atoms with Crippen LogP contribution in [0.15, 0.2) is 137 Å². The summed E-state index contributed by atoms with van der Waals surface area (Å²) in [6.45, 7) is 0. The molecule has 4 rings (SSSR count). The first kappa shape index (κ1) is 40.5. The molecule has 0 aromatic heterocycles. The van der Waals surface area contributed by atoms with Gasteiger partial charge in [0.25, 0.3) is 15.9 Å². The Morgan fingerprint density at radius 1 is 0.429 bits per heavy atom. The SMILES string of the molecule is O=C(C=Cc1ccc(Br)cc1)NS(=O)(=O)C=Cc1ccc(Br)cc1.O=S(=O)(C=Cc1ccc(Br)cc1)NS(=O)(=O)C=Cc1ccc(Br)cc1. The first-order valence-electron chi connectivity index (χ1n) is 13.6. The van der Waals surface area contributed by atoms with E-state index in [0.717, 1.165) is 39.7 Å². The van der Waals surface area contributed by atoms with Gasteiger partial charge in [0.1, 0.15) is 0 Å². The average Bonchev–Trinajstić information content (AvgIpc) is 3.03. The Morgan fingerprint density at radius 3 is 1.00 bits per heavy atom. The molecule has 0 saturated heterocycles. The van der Waals surface area contributed by atoms with Gasteiger partial charge in [-0.3, -0.25) is 4.79 Å². The Bertz CT molecular complexity index is 2100. The minimum Gasteiger partial charge on any atom is -0.269 e. The molecular weight excluding hydrogens is 952 g/mol. The van der Waals surface area contributed by atoms with Crippen molar-refractivity contribution >= 4 is 124 Å². The summed E-state index contributed by atoms with van der Waals surface area (Å²) >= 11 is 13.2. The van der Waals surface area contributed by atoms with E-state index in [1.54, 1.807) is 89.1 Å². The molecule has 1 amide bonds. The third-order valence-electron chi connectivity index (χ3n) is 5.70. The summed E-state index contributed by atoms with van der Waals surface area (Å²) in [5.74, 6) is -0.710. The van der Waals surface area contributed by atoms with Gasteiger partial charge in [0.2, 0.25) is 20.0 Å². The predicted molar refractivity (Wildman–Crippen MR) is 211 cm³/mol. The van der Waals surface area contributed by atoms with Crippen molar-refractivity contribution in [1.29, 1.82) is 0 Å². The summed E-state index contributed by atoms with van der Waals surface area (Å²) < 4.78 is 78.5. The highest BCUT2D eigenvalue weighted by molar-refractivity contribution is 9.11. The zero-order valence-corrected chi connectivity index (χ0v) is 33.7. The van der Waals surface area contributed by atoms with Crippen LogP contribution in [0.4, 0.5) is 0 Å². The van der Waals surface area contributed by atoms with Crippen LogP contribution in [0.3, 0.4) is 0 Å². The molecule has 0 aliphatic heterocycles. The van der Waals surface area contributed by atoms with E-state index in [9.17, 15) is 30.0 Å². The van der Waals surface area contributed by atoms with Crippen LogP contribution in [0.2, 0.25) is 0 Å². The summed E-state index contributed by atoms with van der Waals surface area (Å²) in [6.07, 6.45) is 6.75. The third kappa shape index (κ3) is 16.5. The molecule has 16 heteroatoms. The lowest BCUT2D eigenvalue weighted by molar-refractivity contribution is -0.114. The number of carbonyl (C=O) groups is 1. The minimum absolute atomic E-state index is 0.622. The first-order chi connectivity index (χ1) is 23.0. The van der Waals surface area contributed by atoms with Crippen molar-refractivity contribution in [1.82, 2.24) is 8.85 Å². The van der Waals surface area contributed by atoms with E-state index >= 15 is 0 Å². The van der Waals surface area contributed by atoms with Gasteiger partial charge in [0.15, 0.2) is 0 Å². The number of sulfonamides is 3. The summed E-state index contributed by atoms with van der Waals surface area (Å²) in [6, 6.07) is 28.1. The molecule has 256 valence electrons. The fraction of sp³-hybridized carbons (Fsp3) is 0. The summed E-state index contributed by atoms with van der Waals surface area (Å²) in [7, 11) is -12.1. The van der Waals surface area contributed by atoms with E-state index in [-0.39, 0.29) is 0 Å². The van der Waals surface area contributed by atoms with Gasteiger partial charge in [-0.05, 0) is 95.1 Å². The van der Waals surface area contributed by atoms with Crippen molar-refractivity contribution in [2.45, 2.75) is 0 Å². The van der Waals surface area contributed by atoms with Gasteiger partial charge in [0, 0.05) is 34.8 Å². The monoisotopic (exact) mass is 974 g/mol. The van der Waals surface area contributed by atoms with Gasteiger partial charge >= 0.3 is 0 Å². The Morgan fingerprint density at radius 2 is 0.694 bits per heavy atom. The first-order valence-corrected chi connectivity index (χ1v) is 21.4. The maximum Gasteiger partial charge on any atom is 0.257 e. The van der Waals surface area contributed by atoms with Crippen LogP contribution in [0.5, 0.6) is 0 Å². The second kappa shape index (κ2) is 18.9. The molecule has 49 heavy (non-hydrogen) atoms. The zero-order chi connectivity index (χ0) is 36.1. The van der Waals surface area contributed by atoms with Gasteiger partial charge in [-0.25, -0.2) is 30.0 Å². The molecule has 0 bridgehead atoms. The highest BCUT2D eigenvalue weighted by Crippen LogP contribution is 2.15. The van der Waals surface area contributed by atoms with E-state index in [1.165, 1.54) is 30.4 Å². The standard InChI is InChI=1S/C17H13Br2NO3S.C16H13Br2NO4S2/c18-15-6-1-13(2-7-15)5-10-17(21)20-24(22,23)12-11-14-3-8-16(19)9-4-14;17-15-5-1-13(2-6-15)9-11-24(20,21)19-25(22,23)12-10-14-3-7-16(18)8-4-14/h1-12H,(H,20,21);1-12,19H. The maximum absolute atomic E-state index is 11.9. The van der Waals surface area contributed by atoms with Crippen molar-refractivity contribution in [3.63, 3.8) is 0 Å². The lowest BCUT2D eigenvalue weighted by atomic mass is 10.2. The van der Waals surface area contributed by atoms with Crippen molar-refractivity contribution in [2.75, 3.05) is 0 Å². The highest BCUT2D eigenvalue weighted by Gasteiger charge is 2.15. The molecule has 9 nitrogen and oxygen atoms in total. The van der Waals surface area contributed by atoms with Crippen molar-refractivity contribution in [2.24, 2.45) is 0 Å². The minimum atomic E-state index is -4.15. The van der Waals surface area contributed by atoms with Gasteiger partial charge in [-0.15, -0.1) is 4.13 Å². The molecule has 2 N–H and O–H groups in total. The normalized spacial score (nSPS) is 12.4. The lowest BCUT2D eigenvalue weighted by Gasteiger charge is -2.01. The summed E-state index contributed by atoms with van der Waals surface area (Å²) in [4.78, 5) is 11.7. The predicted octanol–water partition coefficient (Wildman–Crippen LogP) is 8.44. The van der Waals surface area contributed by atoms with Gasteiger partial charge in [-0.2, -0.15) is 0 Å². The Hall–Kier alpha value is -2.96. The molecule has 0 radical (unpaired) electrons. The zero-order valence-electron chi connectivity index (χ0n) is 25.0. The van der Waals surface area contributed by atoms with E-state index in [1.807, 2.05) is 16.9 Å². The molecule has 0 spiro atoms. The van der Waals surface area contributed by atoms with Crippen molar-refractivity contribution in [3.05, 3.63) is 160 Å². The average molecular weight is 978 g/mol. The van der Waals surface area contributed by atoms with E-state index in [2.05, 4.69) is 63.7 Å². The van der Waals surface area contributed by atoms with E-state index in [0.29, 0.717) is 16.7 Å². The van der Waals surface area contributed by atoms with Crippen molar-refractivity contribution < 1.29 is 30.0 Å². The second-order valence-electron chi connectivity index (χ2n) is 9.63. The molecule has 0 heterocycles. The quantitative estimate of drug-likeness (QED) is 0.144. The van der Waals surface area contributed by atoms with E-state index in [4.69, 9.17) is 0 Å². The maximum atomic E-state index is 11.9. The molecule has 4 aromatic carbocycles. The number of halogens is 4. The molecule has 0 aliphatic rings. The number of amides is 1. The van der Waals surface area contributed by atoms with Crippen LogP contribution in [0.25, 0.3) is 24.3 Å². The molecular formula is C33H26Br4N2O7S3. The largest absolute Gasteiger partial charge is 0.269 e. The van der Waals surface area contributed by atoms with Crippen LogP contribution in [0, 0.1) is 0 Å². The second-order valence-corrected chi connectivity index (χ2v) is 18.3. The van der Waals surface area contributed by atoms with E-state index < -0.39 is 36.0 Å². The van der Waals surface area contributed by atoms with Crippen molar-refractivity contribution in [3.8, 4) is 0 Å². The van der Waals surface area contributed by atoms with Crippen LogP contribution in [0.1, 0.15) is 22.3 Å². The Balaban J connectivity index is 0.000000266. The van der Waals surface area contributed by atoms with Gasteiger partial charge in [0.05, 0.1) is 5.41 Å². The number of benzene rings is 4.